The number of benzene rings is 1. The number of hydrogen-bond acceptors (Lipinski definition) is 7. The lowest BCUT2D eigenvalue weighted by Crippen LogP contribution is -2.48. The Bertz CT molecular complexity index is 1400. The van der Waals surface area contributed by atoms with Crippen LogP contribution in [0.1, 0.15) is 18.9 Å². The number of nitrogen functional groups attached to an aromatic ring is 1. The van der Waals surface area contributed by atoms with E-state index in [9.17, 15) is 9.90 Å². The molecule has 36 heavy (non-hydrogen) atoms. The Labute approximate surface area is 207 Å². The van der Waals surface area contributed by atoms with Gasteiger partial charge < -0.3 is 25.4 Å². The molecule has 0 bridgehead atoms. The molecule has 11 nitrogen and oxygen atoms in total. The summed E-state index contributed by atoms with van der Waals surface area (Å²) in [7, 11) is 0. The van der Waals surface area contributed by atoms with Crippen LogP contribution in [0.2, 0.25) is 0 Å². The smallest absolute Gasteiger partial charge is 0.407 e. The quantitative estimate of drug-likeness (QED) is 0.449. The fourth-order valence-corrected chi connectivity index (χ4v) is 5.23. The van der Waals surface area contributed by atoms with Crippen molar-refractivity contribution in [1.82, 2.24) is 29.3 Å². The molecule has 5 heterocycles. The van der Waals surface area contributed by atoms with Crippen molar-refractivity contribution in [3.8, 4) is 22.5 Å². The first-order valence-electron chi connectivity index (χ1n) is 12.2. The Balaban J connectivity index is 1.40. The molecule has 0 spiro atoms. The normalized spacial score (nSPS) is 17.1. The lowest BCUT2D eigenvalue weighted by Gasteiger charge is -2.34. The van der Waals surface area contributed by atoms with E-state index in [4.69, 9.17) is 10.5 Å². The summed E-state index contributed by atoms with van der Waals surface area (Å²) in [5.74, 6) is 0.409. The molecular weight excluding hydrogens is 460 g/mol. The highest BCUT2D eigenvalue weighted by Crippen LogP contribution is 2.37. The Morgan fingerprint density at radius 3 is 2.61 bits per heavy atom. The Morgan fingerprint density at radius 1 is 1.03 bits per heavy atom. The molecule has 3 aromatic heterocycles. The number of rotatable bonds is 4. The molecule has 11 heteroatoms. The van der Waals surface area contributed by atoms with Gasteiger partial charge in [-0.3, -0.25) is 4.68 Å². The van der Waals surface area contributed by atoms with Gasteiger partial charge in [-0.1, -0.05) is 12.1 Å². The maximum Gasteiger partial charge on any atom is 0.407 e. The first-order valence-corrected chi connectivity index (χ1v) is 12.2. The van der Waals surface area contributed by atoms with Gasteiger partial charge in [0.25, 0.3) is 0 Å². The molecule has 186 valence electrons. The van der Waals surface area contributed by atoms with Crippen LogP contribution in [0.4, 0.5) is 16.3 Å². The summed E-state index contributed by atoms with van der Waals surface area (Å²) in [5, 5.41) is 18.5. The van der Waals surface area contributed by atoms with Gasteiger partial charge in [0.1, 0.15) is 11.8 Å². The summed E-state index contributed by atoms with van der Waals surface area (Å²) >= 11 is 0. The van der Waals surface area contributed by atoms with E-state index in [0.29, 0.717) is 32.0 Å². The van der Waals surface area contributed by atoms with Crippen LogP contribution in [0.15, 0.2) is 48.9 Å². The summed E-state index contributed by atoms with van der Waals surface area (Å²) in [6.45, 7) is 3.72. The predicted molar refractivity (Wildman–Crippen MR) is 135 cm³/mol. The number of ether oxygens (including phenoxy) is 1. The summed E-state index contributed by atoms with van der Waals surface area (Å²) in [5.41, 5.74) is 12.0. The number of nitrogens with two attached hydrogens (primary N) is 1. The molecule has 2 aliphatic rings. The molecule has 2 saturated heterocycles. The second kappa shape index (κ2) is 9.15. The third-order valence-corrected chi connectivity index (χ3v) is 7.12. The summed E-state index contributed by atoms with van der Waals surface area (Å²) in [4.78, 5) is 19.2. The van der Waals surface area contributed by atoms with Crippen molar-refractivity contribution in [3.05, 3.63) is 48.9 Å². The highest BCUT2D eigenvalue weighted by Gasteiger charge is 2.25. The zero-order valence-corrected chi connectivity index (χ0v) is 19.8. The molecule has 4 aromatic rings. The highest BCUT2D eigenvalue weighted by atomic mass is 16.5. The van der Waals surface area contributed by atoms with Gasteiger partial charge in [-0.05, 0) is 37.1 Å². The van der Waals surface area contributed by atoms with Crippen molar-refractivity contribution >= 4 is 23.1 Å². The number of aromatic nitrogens is 5. The average Bonchev–Trinajstić information content (AvgIpc) is 3.55. The molecule has 1 amide bonds. The van der Waals surface area contributed by atoms with Crippen molar-refractivity contribution in [2.75, 3.05) is 50.0 Å². The minimum absolute atomic E-state index is 0.265. The number of piperazine rings is 1. The number of carboxylic acid groups (broad SMARTS) is 1. The Hall–Kier alpha value is -4.12. The number of fused-ring (bicyclic) bond motifs is 1. The van der Waals surface area contributed by atoms with E-state index in [1.54, 1.807) is 0 Å². The Kier molecular flexibility index (Phi) is 5.68. The van der Waals surface area contributed by atoms with Crippen LogP contribution in [-0.2, 0) is 4.74 Å². The van der Waals surface area contributed by atoms with Gasteiger partial charge in [-0.25, -0.2) is 14.3 Å². The van der Waals surface area contributed by atoms with Crippen LogP contribution in [0.25, 0.3) is 28.0 Å². The zero-order chi connectivity index (χ0) is 24.6. The molecule has 0 radical (unpaired) electrons. The van der Waals surface area contributed by atoms with Gasteiger partial charge in [-0.15, -0.1) is 0 Å². The lowest BCUT2D eigenvalue weighted by atomic mass is 10.1. The van der Waals surface area contributed by atoms with E-state index >= 15 is 0 Å². The van der Waals surface area contributed by atoms with Crippen LogP contribution in [-0.4, -0.2) is 79.9 Å². The van der Waals surface area contributed by atoms with Crippen LogP contribution in [0.3, 0.4) is 0 Å². The van der Waals surface area contributed by atoms with Crippen molar-refractivity contribution in [2.24, 2.45) is 0 Å². The molecule has 0 unspecified atom stereocenters. The van der Waals surface area contributed by atoms with E-state index in [0.717, 1.165) is 59.8 Å². The number of hydrogen-bond donors (Lipinski definition) is 2. The number of carbonyl (C=O) groups is 1. The second-order valence-electron chi connectivity index (χ2n) is 9.16. The van der Waals surface area contributed by atoms with Crippen LogP contribution >= 0.6 is 0 Å². The van der Waals surface area contributed by atoms with Crippen LogP contribution < -0.4 is 10.6 Å². The van der Waals surface area contributed by atoms with Crippen LogP contribution in [0, 0.1) is 0 Å². The van der Waals surface area contributed by atoms with E-state index in [-0.39, 0.29) is 6.04 Å². The monoisotopic (exact) mass is 488 g/mol. The SMILES string of the molecule is Nc1ncnn2c(-c3cccc(N4CCN(C(=O)O)CC4)c3)cc(-c3ccnn3C3CCOCC3)c12. The maximum atomic E-state index is 11.3. The van der Waals surface area contributed by atoms with E-state index in [1.165, 1.54) is 11.2 Å². The van der Waals surface area contributed by atoms with E-state index in [1.807, 2.05) is 22.8 Å². The molecule has 0 saturated carbocycles. The summed E-state index contributed by atoms with van der Waals surface area (Å²) in [6, 6.07) is 12.6. The van der Waals surface area contributed by atoms with Gasteiger partial charge in [0.15, 0.2) is 5.82 Å². The molecule has 6 rings (SSSR count). The van der Waals surface area contributed by atoms with Crippen molar-refractivity contribution < 1.29 is 14.6 Å². The van der Waals surface area contributed by atoms with Gasteiger partial charge in [-0.2, -0.15) is 10.2 Å². The van der Waals surface area contributed by atoms with Crippen molar-refractivity contribution in [3.63, 3.8) is 0 Å². The lowest BCUT2D eigenvalue weighted by molar-refractivity contribution is 0.0667. The number of nitrogens with zero attached hydrogens (tertiary/aromatic N) is 7. The van der Waals surface area contributed by atoms with Gasteiger partial charge in [0.2, 0.25) is 0 Å². The minimum atomic E-state index is -0.868. The fraction of sp³-hybridized carbons (Fsp3) is 0.360. The minimum Gasteiger partial charge on any atom is -0.465 e. The maximum absolute atomic E-state index is 11.3. The molecule has 3 N–H and O–H groups in total. The first kappa shape index (κ1) is 22.4. The molecule has 2 aliphatic heterocycles. The number of anilines is 2. The third kappa shape index (κ3) is 3.91. The second-order valence-corrected chi connectivity index (χ2v) is 9.16. The van der Waals surface area contributed by atoms with E-state index < -0.39 is 6.09 Å². The van der Waals surface area contributed by atoms with E-state index in [2.05, 4.69) is 49.0 Å². The van der Waals surface area contributed by atoms with Gasteiger partial charge in [0.05, 0.1) is 17.4 Å². The highest BCUT2D eigenvalue weighted by molar-refractivity contribution is 5.91. The standard InChI is InChI=1S/C25H28N8O3/c26-24-23-20(21-4-7-28-32(21)18-5-12-36-13-6-18)15-22(33(23)29-16-27-24)17-2-1-3-19(14-17)30-8-10-31(11-9-30)25(34)35/h1-4,7,14-16,18H,5-6,8-13H2,(H,34,35)(H2,26,27,29). The molecule has 0 aliphatic carbocycles. The topological polar surface area (TPSA) is 127 Å². The van der Waals surface area contributed by atoms with Crippen molar-refractivity contribution in [1.29, 1.82) is 0 Å². The summed E-state index contributed by atoms with van der Waals surface area (Å²) in [6.07, 6.45) is 4.26. The Morgan fingerprint density at radius 2 is 1.83 bits per heavy atom. The van der Waals surface area contributed by atoms with Gasteiger partial charge >= 0.3 is 6.09 Å². The van der Waals surface area contributed by atoms with Gasteiger partial charge in [0, 0.05) is 62.4 Å². The largest absolute Gasteiger partial charge is 0.465 e. The molecule has 2 fully saturated rings. The summed E-state index contributed by atoms with van der Waals surface area (Å²) < 4.78 is 9.48. The molecule has 0 atom stereocenters. The number of amides is 1. The molecular formula is C25H28N8O3. The zero-order valence-electron chi connectivity index (χ0n) is 19.8. The fourth-order valence-electron chi connectivity index (χ4n) is 5.23. The average molecular weight is 489 g/mol. The van der Waals surface area contributed by atoms with Crippen molar-refractivity contribution in [2.45, 2.75) is 18.9 Å². The third-order valence-electron chi connectivity index (χ3n) is 7.12. The molecule has 1 aromatic carbocycles. The predicted octanol–water partition coefficient (Wildman–Crippen LogP) is 2.99. The first-order chi connectivity index (χ1) is 17.6. The van der Waals surface area contributed by atoms with Crippen LogP contribution in [0.5, 0.6) is 0 Å².